The number of hydrogen-bond donors (Lipinski definition) is 4. The summed E-state index contributed by atoms with van der Waals surface area (Å²) in [6.07, 6.45) is 1.27. The minimum Gasteiger partial charge on any atom is -0.508 e. The number of phenols is 1. The van der Waals surface area contributed by atoms with Gasteiger partial charge in [-0.25, -0.2) is 4.79 Å². The van der Waals surface area contributed by atoms with Gasteiger partial charge in [0.1, 0.15) is 5.75 Å². The smallest absolute Gasteiger partial charge is 0.314 e. The van der Waals surface area contributed by atoms with Crippen molar-refractivity contribution >= 4 is 6.03 Å². The molecule has 0 radical (unpaired) electrons. The molecule has 0 aliphatic heterocycles. The van der Waals surface area contributed by atoms with Crippen molar-refractivity contribution < 1.29 is 19.7 Å². The van der Waals surface area contributed by atoms with E-state index in [0.29, 0.717) is 18.7 Å². The first kappa shape index (κ1) is 15.6. The molecule has 116 valence electrons. The first-order chi connectivity index (χ1) is 10.0. The maximum Gasteiger partial charge on any atom is 0.314 e. The Labute approximate surface area is 124 Å². The van der Waals surface area contributed by atoms with Crippen LogP contribution in [0.1, 0.15) is 24.5 Å². The van der Waals surface area contributed by atoms with Crippen LogP contribution in [-0.2, 0) is 4.74 Å². The molecule has 0 aromatic heterocycles. The summed E-state index contributed by atoms with van der Waals surface area (Å²) in [7, 11) is 1.66. The van der Waals surface area contributed by atoms with Gasteiger partial charge < -0.3 is 25.6 Å². The third kappa shape index (κ3) is 4.61. The molecule has 1 fully saturated rings. The summed E-state index contributed by atoms with van der Waals surface area (Å²) in [5.74, 6) is 0.0891. The van der Waals surface area contributed by atoms with Crippen LogP contribution in [0.2, 0.25) is 0 Å². The van der Waals surface area contributed by atoms with Crippen LogP contribution in [0.25, 0.3) is 0 Å². The summed E-state index contributed by atoms with van der Waals surface area (Å²) in [4.78, 5) is 11.7. The number of amides is 2. The average Bonchev–Trinajstić information content (AvgIpc) is 3.23. The van der Waals surface area contributed by atoms with E-state index >= 15 is 0 Å². The molecule has 0 spiro atoms. The van der Waals surface area contributed by atoms with E-state index in [-0.39, 0.29) is 23.7 Å². The fourth-order valence-electron chi connectivity index (χ4n) is 2.22. The van der Waals surface area contributed by atoms with E-state index < -0.39 is 6.10 Å². The van der Waals surface area contributed by atoms with Crippen LogP contribution in [0.15, 0.2) is 24.3 Å². The highest BCUT2D eigenvalue weighted by Gasteiger charge is 2.42. The molecule has 1 aliphatic carbocycles. The zero-order chi connectivity index (χ0) is 15.3. The van der Waals surface area contributed by atoms with Crippen LogP contribution in [0.5, 0.6) is 5.75 Å². The molecule has 1 aromatic carbocycles. The van der Waals surface area contributed by atoms with Gasteiger partial charge in [0.2, 0.25) is 0 Å². The number of hydrogen-bond acceptors (Lipinski definition) is 4. The number of benzene rings is 1. The van der Waals surface area contributed by atoms with Gasteiger partial charge in [0.15, 0.2) is 0 Å². The number of nitrogens with one attached hydrogen (secondary N) is 2. The molecule has 1 saturated carbocycles. The first-order valence-electron chi connectivity index (χ1n) is 7.02. The molecule has 21 heavy (non-hydrogen) atoms. The summed E-state index contributed by atoms with van der Waals surface area (Å²) in [5.41, 5.74) is 0.656. The zero-order valence-corrected chi connectivity index (χ0v) is 12.1. The molecule has 2 rings (SSSR count). The number of aromatic hydroxyl groups is 1. The monoisotopic (exact) mass is 294 g/mol. The summed E-state index contributed by atoms with van der Waals surface area (Å²) in [6, 6.07) is 6.04. The highest BCUT2D eigenvalue weighted by atomic mass is 16.5. The lowest BCUT2D eigenvalue weighted by atomic mass is 10.1. The van der Waals surface area contributed by atoms with E-state index in [1.54, 1.807) is 19.2 Å². The highest BCUT2D eigenvalue weighted by Crippen LogP contribution is 2.44. The van der Waals surface area contributed by atoms with Gasteiger partial charge in [-0.1, -0.05) is 12.1 Å². The van der Waals surface area contributed by atoms with Gasteiger partial charge in [0.25, 0.3) is 0 Å². The number of carbonyl (C=O) groups excluding carboxylic acids is 1. The molecule has 0 heterocycles. The lowest BCUT2D eigenvalue weighted by molar-refractivity contribution is 0.139. The third-order valence-electron chi connectivity index (χ3n) is 3.74. The fraction of sp³-hybridized carbons (Fsp3) is 0.533. The van der Waals surface area contributed by atoms with Gasteiger partial charge in [0, 0.05) is 25.6 Å². The van der Waals surface area contributed by atoms with Crippen molar-refractivity contribution in [3.05, 3.63) is 29.8 Å². The summed E-state index contributed by atoms with van der Waals surface area (Å²) >= 11 is 0. The third-order valence-corrected chi connectivity index (χ3v) is 3.74. The Bertz CT molecular complexity index is 488. The van der Waals surface area contributed by atoms with E-state index in [0.717, 1.165) is 12.8 Å². The molecular weight excluding hydrogens is 272 g/mol. The Morgan fingerprint density at radius 1 is 1.43 bits per heavy atom. The molecule has 1 unspecified atom stereocenters. The Kier molecular flexibility index (Phi) is 5.03. The number of aliphatic hydroxyl groups is 1. The van der Waals surface area contributed by atoms with E-state index in [1.807, 2.05) is 0 Å². The van der Waals surface area contributed by atoms with E-state index in [2.05, 4.69) is 10.6 Å². The largest absolute Gasteiger partial charge is 0.508 e. The number of aliphatic hydroxyl groups excluding tert-OH is 1. The fourth-order valence-corrected chi connectivity index (χ4v) is 2.22. The molecule has 2 amide bonds. The number of rotatable bonds is 7. The van der Waals surface area contributed by atoms with Crippen LogP contribution in [0, 0.1) is 5.41 Å². The van der Waals surface area contributed by atoms with E-state index in [4.69, 9.17) is 4.74 Å². The second-order valence-electron chi connectivity index (χ2n) is 5.61. The molecule has 6 heteroatoms. The van der Waals surface area contributed by atoms with E-state index in [1.165, 1.54) is 12.1 Å². The van der Waals surface area contributed by atoms with Gasteiger partial charge in [-0.15, -0.1) is 0 Å². The Morgan fingerprint density at radius 2 is 2.19 bits per heavy atom. The standard InChI is InChI=1S/C15H22N2O4/c1-21-10-15(5-6-15)9-17-14(20)16-8-13(19)11-3-2-4-12(18)7-11/h2-4,7,13,18-19H,5-6,8-10H2,1H3,(H2,16,17,20). The number of urea groups is 1. The molecule has 1 aliphatic rings. The summed E-state index contributed by atoms with van der Waals surface area (Å²) < 4.78 is 5.13. The Balaban J connectivity index is 1.71. The van der Waals surface area contributed by atoms with Gasteiger partial charge in [0.05, 0.1) is 12.7 Å². The van der Waals surface area contributed by atoms with E-state index in [9.17, 15) is 15.0 Å². The number of carbonyl (C=O) groups is 1. The van der Waals surface area contributed by atoms with Crippen LogP contribution in [0.4, 0.5) is 4.79 Å². The Hall–Kier alpha value is -1.79. The summed E-state index contributed by atoms with van der Waals surface area (Å²) in [5, 5.41) is 24.7. The van der Waals surface area contributed by atoms with Crippen molar-refractivity contribution in [2.24, 2.45) is 5.41 Å². The minimum atomic E-state index is -0.850. The van der Waals surface area contributed by atoms with Gasteiger partial charge >= 0.3 is 6.03 Å². The predicted molar refractivity (Wildman–Crippen MR) is 78.0 cm³/mol. The van der Waals surface area contributed by atoms with Gasteiger partial charge in [-0.2, -0.15) is 0 Å². The van der Waals surface area contributed by atoms with Crippen molar-refractivity contribution in [2.45, 2.75) is 18.9 Å². The predicted octanol–water partition coefficient (Wildman–Crippen LogP) is 1.15. The lowest BCUT2D eigenvalue weighted by Gasteiger charge is -2.16. The SMILES string of the molecule is COCC1(CNC(=O)NCC(O)c2cccc(O)c2)CC1. The van der Waals surface area contributed by atoms with Gasteiger partial charge in [-0.05, 0) is 30.5 Å². The second kappa shape index (κ2) is 6.78. The van der Waals surface area contributed by atoms with Crippen molar-refractivity contribution in [2.75, 3.05) is 26.8 Å². The summed E-state index contributed by atoms with van der Waals surface area (Å²) in [6.45, 7) is 1.32. The van der Waals surface area contributed by atoms with Crippen molar-refractivity contribution in [1.29, 1.82) is 0 Å². The number of ether oxygens (including phenoxy) is 1. The zero-order valence-electron chi connectivity index (χ0n) is 12.1. The molecule has 6 nitrogen and oxygen atoms in total. The van der Waals surface area contributed by atoms with Crippen LogP contribution in [0.3, 0.4) is 0 Å². The molecule has 0 bridgehead atoms. The molecular formula is C15H22N2O4. The van der Waals surface area contributed by atoms with Crippen molar-refractivity contribution in [1.82, 2.24) is 10.6 Å². The van der Waals surface area contributed by atoms with Crippen molar-refractivity contribution in [3.63, 3.8) is 0 Å². The molecule has 0 saturated heterocycles. The van der Waals surface area contributed by atoms with Crippen LogP contribution >= 0.6 is 0 Å². The maximum atomic E-state index is 11.7. The quantitative estimate of drug-likeness (QED) is 0.607. The van der Waals surface area contributed by atoms with Gasteiger partial charge in [-0.3, -0.25) is 0 Å². The first-order valence-corrected chi connectivity index (χ1v) is 7.02. The Morgan fingerprint density at radius 3 is 2.81 bits per heavy atom. The normalized spacial score (nSPS) is 17.0. The minimum absolute atomic E-state index is 0.0891. The average molecular weight is 294 g/mol. The number of methoxy groups -OCH3 is 1. The maximum absolute atomic E-state index is 11.7. The topological polar surface area (TPSA) is 90.8 Å². The molecule has 1 atom stereocenters. The van der Waals surface area contributed by atoms with Crippen LogP contribution in [-0.4, -0.2) is 43.1 Å². The van der Waals surface area contributed by atoms with Crippen LogP contribution < -0.4 is 10.6 Å². The molecule has 1 aromatic rings. The number of phenolic OH excluding ortho intramolecular Hbond substituents is 1. The van der Waals surface area contributed by atoms with Crippen molar-refractivity contribution in [3.8, 4) is 5.75 Å². The molecule has 4 N–H and O–H groups in total. The second-order valence-corrected chi connectivity index (χ2v) is 5.61. The lowest BCUT2D eigenvalue weighted by Crippen LogP contribution is -2.41. The highest BCUT2D eigenvalue weighted by molar-refractivity contribution is 5.73.